The fourth-order valence-electron chi connectivity index (χ4n) is 2.27. The maximum Gasteiger partial charge on any atom is 0.251 e. The summed E-state index contributed by atoms with van der Waals surface area (Å²) in [7, 11) is 0. The van der Waals surface area contributed by atoms with Gasteiger partial charge in [-0.15, -0.1) is 0 Å². The Kier molecular flexibility index (Phi) is 5.43. The van der Waals surface area contributed by atoms with Crippen LogP contribution in [0.15, 0.2) is 48.5 Å². The number of benzene rings is 2. The molecule has 0 bridgehead atoms. The van der Waals surface area contributed by atoms with E-state index in [1.54, 1.807) is 0 Å². The van der Waals surface area contributed by atoms with Gasteiger partial charge in [0.2, 0.25) is 0 Å². The number of ether oxygens (including phenoxy) is 1. The van der Waals surface area contributed by atoms with Gasteiger partial charge in [-0.25, -0.2) is 0 Å². The summed E-state index contributed by atoms with van der Waals surface area (Å²) < 4.78 is 5.67. The molecule has 3 heteroatoms. The molecule has 2 aromatic carbocycles. The molecule has 0 spiro atoms. The molecular formula is C20H25NO2. The summed E-state index contributed by atoms with van der Waals surface area (Å²) >= 11 is 0. The van der Waals surface area contributed by atoms with Crippen molar-refractivity contribution >= 4 is 5.91 Å². The summed E-state index contributed by atoms with van der Waals surface area (Å²) in [6, 6.07) is 15.7. The van der Waals surface area contributed by atoms with Gasteiger partial charge >= 0.3 is 0 Å². The van der Waals surface area contributed by atoms with E-state index in [0.717, 1.165) is 11.3 Å². The second-order valence-corrected chi connectivity index (χ2v) is 6.75. The van der Waals surface area contributed by atoms with Crippen LogP contribution in [0.3, 0.4) is 0 Å². The predicted molar refractivity (Wildman–Crippen MR) is 94.1 cm³/mol. The molecule has 122 valence electrons. The molecular weight excluding hydrogens is 286 g/mol. The average Bonchev–Trinajstić information content (AvgIpc) is 2.51. The zero-order valence-corrected chi connectivity index (χ0v) is 14.3. The fraction of sp³-hybridized carbons (Fsp3) is 0.350. The lowest BCUT2D eigenvalue weighted by Crippen LogP contribution is -2.28. The molecule has 1 N–H and O–H groups in total. The zero-order chi connectivity index (χ0) is 16.9. The van der Waals surface area contributed by atoms with Gasteiger partial charge in [0.1, 0.15) is 12.4 Å². The Morgan fingerprint density at radius 1 is 1.09 bits per heavy atom. The Morgan fingerprint density at radius 2 is 1.78 bits per heavy atom. The first-order valence-corrected chi connectivity index (χ1v) is 7.94. The second kappa shape index (κ2) is 7.32. The third kappa shape index (κ3) is 5.13. The summed E-state index contributed by atoms with van der Waals surface area (Å²) in [4.78, 5) is 12.0. The molecule has 0 unspecified atom stereocenters. The van der Waals surface area contributed by atoms with E-state index in [9.17, 15) is 4.79 Å². The lowest BCUT2D eigenvalue weighted by molar-refractivity contribution is 0.0947. The van der Waals surface area contributed by atoms with E-state index >= 15 is 0 Å². The monoisotopic (exact) mass is 311 g/mol. The second-order valence-electron chi connectivity index (χ2n) is 6.75. The molecule has 0 saturated carbocycles. The van der Waals surface area contributed by atoms with Gasteiger partial charge in [-0.1, -0.05) is 50.6 Å². The first-order valence-electron chi connectivity index (χ1n) is 7.94. The zero-order valence-electron chi connectivity index (χ0n) is 14.3. The van der Waals surface area contributed by atoms with Crippen molar-refractivity contribution in [3.63, 3.8) is 0 Å². The average molecular weight is 311 g/mol. The summed E-state index contributed by atoms with van der Waals surface area (Å²) in [5.41, 5.74) is 3.17. The van der Waals surface area contributed by atoms with Crippen LogP contribution in [0.5, 0.6) is 5.75 Å². The first kappa shape index (κ1) is 17.1. The van der Waals surface area contributed by atoms with Crippen LogP contribution < -0.4 is 10.1 Å². The highest BCUT2D eigenvalue weighted by molar-refractivity contribution is 5.94. The number of aryl methyl sites for hydroxylation is 1. The Balaban J connectivity index is 1.78. The van der Waals surface area contributed by atoms with E-state index in [1.807, 2.05) is 43.3 Å². The molecule has 0 saturated heterocycles. The van der Waals surface area contributed by atoms with Crippen LogP contribution in [0.25, 0.3) is 0 Å². The molecule has 0 aliphatic carbocycles. The van der Waals surface area contributed by atoms with Crippen LogP contribution in [0, 0.1) is 6.92 Å². The number of amides is 1. The maximum absolute atomic E-state index is 12.0. The van der Waals surface area contributed by atoms with Crippen molar-refractivity contribution in [1.82, 2.24) is 5.32 Å². The lowest BCUT2D eigenvalue weighted by Gasteiger charge is -2.19. The number of rotatable bonds is 5. The smallest absolute Gasteiger partial charge is 0.251 e. The molecule has 0 atom stereocenters. The van der Waals surface area contributed by atoms with E-state index in [4.69, 9.17) is 4.74 Å². The highest BCUT2D eigenvalue weighted by atomic mass is 16.5. The first-order chi connectivity index (χ1) is 10.9. The van der Waals surface area contributed by atoms with Gasteiger partial charge in [-0.3, -0.25) is 4.79 Å². The van der Waals surface area contributed by atoms with E-state index < -0.39 is 0 Å². The summed E-state index contributed by atoms with van der Waals surface area (Å²) in [6.07, 6.45) is 0. The number of carbonyl (C=O) groups is 1. The number of carbonyl (C=O) groups excluding carboxylic acids is 1. The molecule has 3 nitrogen and oxygen atoms in total. The quantitative estimate of drug-likeness (QED) is 0.844. The molecule has 0 aliphatic heterocycles. The largest absolute Gasteiger partial charge is 0.492 e. The minimum Gasteiger partial charge on any atom is -0.492 e. The van der Waals surface area contributed by atoms with Crippen molar-refractivity contribution in [3.8, 4) is 5.75 Å². The molecule has 2 rings (SSSR count). The predicted octanol–water partition coefficient (Wildman–Crippen LogP) is 4.10. The van der Waals surface area contributed by atoms with E-state index in [1.165, 1.54) is 5.56 Å². The van der Waals surface area contributed by atoms with Crippen molar-refractivity contribution in [2.75, 3.05) is 13.2 Å². The fourth-order valence-corrected chi connectivity index (χ4v) is 2.27. The highest BCUT2D eigenvalue weighted by Crippen LogP contribution is 2.24. The Hall–Kier alpha value is -2.29. The van der Waals surface area contributed by atoms with Crippen molar-refractivity contribution < 1.29 is 9.53 Å². The number of hydrogen-bond acceptors (Lipinski definition) is 2. The SMILES string of the molecule is Cc1cccc(C(=O)NCCOc2ccc(C(C)(C)C)cc2)c1. The third-order valence-corrected chi connectivity index (χ3v) is 3.66. The Bertz CT molecular complexity index is 654. The minimum absolute atomic E-state index is 0.0691. The van der Waals surface area contributed by atoms with Gasteiger partial charge in [0, 0.05) is 5.56 Å². The summed E-state index contributed by atoms with van der Waals surface area (Å²) in [6.45, 7) is 9.46. The normalized spacial score (nSPS) is 11.1. The highest BCUT2D eigenvalue weighted by Gasteiger charge is 2.12. The van der Waals surface area contributed by atoms with Crippen LogP contribution in [0.4, 0.5) is 0 Å². The summed E-state index contributed by atoms with van der Waals surface area (Å²) in [5.74, 6) is 0.753. The molecule has 0 aliphatic rings. The van der Waals surface area contributed by atoms with Crippen molar-refractivity contribution in [1.29, 1.82) is 0 Å². The van der Waals surface area contributed by atoms with Crippen molar-refractivity contribution in [2.45, 2.75) is 33.1 Å². The minimum atomic E-state index is -0.0691. The molecule has 1 amide bonds. The van der Waals surface area contributed by atoms with Crippen LogP contribution in [-0.4, -0.2) is 19.1 Å². The van der Waals surface area contributed by atoms with Crippen molar-refractivity contribution in [2.24, 2.45) is 0 Å². The van der Waals surface area contributed by atoms with Gasteiger partial charge in [0.25, 0.3) is 5.91 Å². The van der Waals surface area contributed by atoms with Crippen LogP contribution >= 0.6 is 0 Å². The Morgan fingerprint density at radius 3 is 2.39 bits per heavy atom. The topological polar surface area (TPSA) is 38.3 Å². The van der Waals surface area contributed by atoms with Crippen molar-refractivity contribution in [3.05, 3.63) is 65.2 Å². The molecule has 0 radical (unpaired) electrons. The molecule has 0 fully saturated rings. The standard InChI is InChI=1S/C20H25NO2/c1-15-6-5-7-16(14-15)19(22)21-12-13-23-18-10-8-17(9-11-18)20(2,3)4/h5-11,14H,12-13H2,1-4H3,(H,21,22). The van der Waals surface area contributed by atoms with Crippen LogP contribution in [0.2, 0.25) is 0 Å². The van der Waals surface area contributed by atoms with Gasteiger partial charge in [0.05, 0.1) is 6.54 Å². The Labute approximate surface area is 138 Å². The van der Waals surface area contributed by atoms with Gasteiger partial charge in [-0.05, 0) is 42.2 Å². The van der Waals surface area contributed by atoms with E-state index in [-0.39, 0.29) is 11.3 Å². The third-order valence-electron chi connectivity index (χ3n) is 3.66. The van der Waals surface area contributed by atoms with Gasteiger partial charge < -0.3 is 10.1 Å². The van der Waals surface area contributed by atoms with E-state index in [0.29, 0.717) is 18.7 Å². The van der Waals surface area contributed by atoms with Gasteiger partial charge in [0.15, 0.2) is 0 Å². The number of nitrogens with one attached hydrogen (secondary N) is 1. The maximum atomic E-state index is 12.0. The lowest BCUT2D eigenvalue weighted by atomic mass is 9.87. The van der Waals surface area contributed by atoms with E-state index in [2.05, 4.69) is 38.2 Å². The van der Waals surface area contributed by atoms with Crippen LogP contribution in [-0.2, 0) is 5.41 Å². The molecule has 23 heavy (non-hydrogen) atoms. The molecule has 2 aromatic rings. The summed E-state index contributed by atoms with van der Waals surface area (Å²) in [5, 5.41) is 2.87. The van der Waals surface area contributed by atoms with Crippen LogP contribution in [0.1, 0.15) is 42.3 Å². The number of hydrogen-bond donors (Lipinski definition) is 1. The molecule has 0 aromatic heterocycles. The molecule has 0 heterocycles. The van der Waals surface area contributed by atoms with Gasteiger partial charge in [-0.2, -0.15) is 0 Å².